The number of anilines is 1. The summed E-state index contributed by atoms with van der Waals surface area (Å²) in [4.78, 5) is 25.9. The molecular formula is C29H32N2O2. The predicted octanol–water partition coefficient (Wildman–Crippen LogP) is 5.81. The molecule has 1 saturated carbocycles. The first kappa shape index (κ1) is 22.8. The molecule has 170 valence electrons. The molecule has 4 rings (SSSR count). The lowest BCUT2D eigenvalue weighted by Gasteiger charge is -2.36. The number of amides is 2. The molecule has 3 aromatic rings. The summed E-state index contributed by atoms with van der Waals surface area (Å²) < 4.78 is 0. The van der Waals surface area contributed by atoms with Crippen LogP contribution in [0, 0.1) is 6.92 Å². The highest BCUT2D eigenvalue weighted by Crippen LogP contribution is 2.40. The third-order valence-corrected chi connectivity index (χ3v) is 6.69. The Kier molecular flexibility index (Phi) is 7.23. The Morgan fingerprint density at radius 3 is 2.15 bits per heavy atom. The Hall–Kier alpha value is -3.40. The van der Waals surface area contributed by atoms with E-state index < -0.39 is 5.41 Å². The second-order valence-corrected chi connectivity index (χ2v) is 9.03. The number of carbonyl (C=O) groups is 2. The van der Waals surface area contributed by atoms with Crippen LogP contribution in [0.2, 0.25) is 0 Å². The molecule has 2 N–H and O–H groups in total. The first-order chi connectivity index (χ1) is 16.1. The van der Waals surface area contributed by atoms with E-state index in [2.05, 4.69) is 22.8 Å². The number of rotatable bonds is 7. The first-order valence-corrected chi connectivity index (χ1v) is 11.9. The second-order valence-electron chi connectivity index (χ2n) is 9.03. The van der Waals surface area contributed by atoms with Crippen LogP contribution in [0.4, 0.5) is 5.69 Å². The molecular weight excluding hydrogens is 408 g/mol. The fourth-order valence-corrected chi connectivity index (χ4v) is 4.72. The van der Waals surface area contributed by atoms with Crippen molar-refractivity contribution < 1.29 is 9.59 Å². The third kappa shape index (κ3) is 5.51. The van der Waals surface area contributed by atoms with Gasteiger partial charge in [0.15, 0.2) is 0 Å². The topological polar surface area (TPSA) is 58.2 Å². The monoisotopic (exact) mass is 440 g/mol. The van der Waals surface area contributed by atoms with Gasteiger partial charge in [0.2, 0.25) is 5.91 Å². The Bertz CT molecular complexity index is 1070. The predicted molar refractivity (Wildman–Crippen MR) is 133 cm³/mol. The number of hydrogen-bond acceptors (Lipinski definition) is 2. The Balaban J connectivity index is 1.44. The second kappa shape index (κ2) is 10.5. The third-order valence-electron chi connectivity index (χ3n) is 6.69. The van der Waals surface area contributed by atoms with Crippen molar-refractivity contribution in [2.75, 3.05) is 11.9 Å². The average Bonchev–Trinajstić information content (AvgIpc) is 2.86. The van der Waals surface area contributed by atoms with E-state index in [4.69, 9.17) is 0 Å². The highest BCUT2D eigenvalue weighted by atomic mass is 16.2. The molecule has 0 saturated heterocycles. The van der Waals surface area contributed by atoms with Gasteiger partial charge in [0, 0.05) is 17.8 Å². The standard InChI is InChI=1S/C29H32N2O2/c1-22-10-12-24(13-11-22)27(32)31-26-16-14-25(15-17-26)29(19-6-3-7-20-29)28(33)30-21-18-23-8-4-2-5-9-23/h2,4-5,8-17H,3,6-7,18-21H2,1H3,(H,30,33)(H,31,32). The molecule has 0 aliphatic heterocycles. The summed E-state index contributed by atoms with van der Waals surface area (Å²) in [7, 11) is 0. The van der Waals surface area contributed by atoms with Crippen molar-refractivity contribution in [1.29, 1.82) is 0 Å². The molecule has 1 fully saturated rings. The van der Waals surface area contributed by atoms with E-state index in [0.29, 0.717) is 12.1 Å². The Morgan fingerprint density at radius 2 is 1.48 bits per heavy atom. The van der Waals surface area contributed by atoms with Gasteiger partial charge in [0.05, 0.1) is 5.41 Å². The molecule has 0 heterocycles. The zero-order valence-electron chi connectivity index (χ0n) is 19.3. The van der Waals surface area contributed by atoms with E-state index in [1.807, 2.05) is 73.7 Å². The van der Waals surface area contributed by atoms with Crippen LogP contribution in [0.15, 0.2) is 78.9 Å². The summed E-state index contributed by atoms with van der Waals surface area (Å²) in [5.74, 6) is -0.0108. The summed E-state index contributed by atoms with van der Waals surface area (Å²) >= 11 is 0. The zero-order valence-corrected chi connectivity index (χ0v) is 19.3. The summed E-state index contributed by atoms with van der Waals surface area (Å²) in [6, 6.07) is 25.6. The lowest BCUT2D eigenvalue weighted by atomic mass is 9.68. The van der Waals surface area contributed by atoms with Gasteiger partial charge in [-0.2, -0.15) is 0 Å². The van der Waals surface area contributed by atoms with Crippen LogP contribution < -0.4 is 10.6 Å². The molecule has 2 amide bonds. The van der Waals surface area contributed by atoms with Crippen LogP contribution in [-0.2, 0) is 16.6 Å². The minimum Gasteiger partial charge on any atom is -0.355 e. The zero-order chi connectivity index (χ0) is 23.1. The molecule has 4 nitrogen and oxygen atoms in total. The minimum absolute atomic E-state index is 0.120. The quantitative estimate of drug-likeness (QED) is 0.487. The van der Waals surface area contributed by atoms with Crippen molar-refractivity contribution in [3.63, 3.8) is 0 Å². The van der Waals surface area contributed by atoms with E-state index in [1.54, 1.807) is 0 Å². The van der Waals surface area contributed by atoms with Crippen molar-refractivity contribution in [2.45, 2.75) is 50.9 Å². The van der Waals surface area contributed by atoms with Crippen molar-refractivity contribution in [3.8, 4) is 0 Å². The van der Waals surface area contributed by atoms with E-state index in [0.717, 1.165) is 48.9 Å². The summed E-state index contributed by atoms with van der Waals surface area (Å²) in [6.45, 7) is 2.63. The smallest absolute Gasteiger partial charge is 0.255 e. The minimum atomic E-state index is -0.492. The van der Waals surface area contributed by atoms with Crippen LogP contribution in [0.1, 0.15) is 59.2 Å². The largest absolute Gasteiger partial charge is 0.355 e. The van der Waals surface area contributed by atoms with E-state index >= 15 is 0 Å². The van der Waals surface area contributed by atoms with Crippen molar-refractivity contribution in [3.05, 3.63) is 101 Å². The van der Waals surface area contributed by atoms with Gasteiger partial charge in [-0.1, -0.05) is 79.4 Å². The van der Waals surface area contributed by atoms with E-state index in [-0.39, 0.29) is 11.8 Å². The molecule has 3 aromatic carbocycles. The highest BCUT2D eigenvalue weighted by Gasteiger charge is 2.40. The molecule has 0 unspecified atom stereocenters. The number of carbonyl (C=O) groups excluding carboxylic acids is 2. The molecule has 1 aliphatic carbocycles. The summed E-state index contributed by atoms with van der Waals surface area (Å²) in [5.41, 5.74) is 4.26. The maximum absolute atomic E-state index is 13.4. The lowest BCUT2D eigenvalue weighted by Crippen LogP contribution is -2.46. The molecule has 0 atom stereocenters. The van der Waals surface area contributed by atoms with E-state index in [1.165, 1.54) is 12.0 Å². The van der Waals surface area contributed by atoms with Gasteiger partial charge >= 0.3 is 0 Å². The van der Waals surface area contributed by atoms with Gasteiger partial charge in [0.1, 0.15) is 0 Å². The van der Waals surface area contributed by atoms with Gasteiger partial charge < -0.3 is 10.6 Å². The van der Waals surface area contributed by atoms with Gasteiger partial charge in [-0.3, -0.25) is 9.59 Å². The number of benzene rings is 3. The van der Waals surface area contributed by atoms with E-state index in [9.17, 15) is 9.59 Å². The fraction of sp³-hybridized carbons (Fsp3) is 0.310. The van der Waals surface area contributed by atoms with Gasteiger partial charge in [-0.15, -0.1) is 0 Å². The maximum Gasteiger partial charge on any atom is 0.255 e. The molecule has 33 heavy (non-hydrogen) atoms. The van der Waals surface area contributed by atoms with Gasteiger partial charge in [-0.25, -0.2) is 0 Å². The van der Waals surface area contributed by atoms with Crippen LogP contribution in [0.5, 0.6) is 0 Å². The SMILES string of the molecule is Cc1ccc(C(=O)Nc2ccc(C3(C(=O)NCCc4ccccc4)CCCCC3)cc2)cc1. The average molecular weight is 441 g/mol. The number of aryl methyl sites for hydroxylation is 1. The number of hydrogen-bond donors (Lipinski definition) is 2. The van der Waals surface area contributed by atoms with Crippen LogP contribution >= 0.6 is 0 Å². The molecule has 0 radical (unpaired) electrons. The van der Waals surface area contributed by atoms with Gasteiger partial charge in [-0.05, 0) is 61.6 Å². The van der Waals surface area contributed by atoms with Crippen LogP contribution in [0.3, 0.4) is 0 Å². The molecule has 1 aliphatic rings. The molecule has 0 bridgehead atoms. The first-order valence-electron chi connectivity index (χ1n) is 11.9. The summed E-state index contributed by atoms with van der Waals surface area (Å²) in [5, 5.41) is 6.17. The van der Waals surface area contributed by atoms with Crippen LogP contribution in [0.25, 0.3) is 0 Å². The molecule has 0 aromatic heterocycles. The van der Waals surface area contributed by atoms with Crippen molar-refractivity contribution in [2.24, 2.45) is 0 Å². The molecule has 0 spiro atoms. The normalized spacial score (nSPS) is 14.9. The maximum atomic E-state index is 13.4. The number of nitrogens with one attached hydrogen (secondary N) is 2. The summed E-state index contributed by atoms with van der Waals surface area (Å²) in [6.07, 6.45) is 5.82. The van der Waals surface area contributed by atoms with Gasteiger partial charge in [0.25, 0.3) is 5.91 Å². The Morgan fingerprint density at radius 1 is 0.818 bits per heavy atom. The fourth-order valence-electron chi connectivity index (χ4n) is 4.72. The highest BCUT2D eigenvalue weighted by molar-refractivity contribution is 6.04. The Labute approximate surface area is 196 Å². The lowest BCUT2D eigenvalue weighted by molar-refractivity contribution is -0.128. The van der Waals surface area contributed by atoms with Crippen molar-refractivity contribution >= 4 is 17.5 Å². The van der Waals surface area contributed by atoms with Crippen LogP contribution in [-0.4, -0.2) is 18.4 Å². The van der Waals surface area contributed by atoms with Crippen molar-refractivity contribution in [1.82, 2.24) is 5.32 Å². The molecule has 4 heteroatoms.